The number of carbonyl (C=O) groups is 2. The molecular weight excluding hydrogens is 384 g/mol. The highest BCUT2D eigenvalue weighted by molar-refractivity contribution is 7.80. The monoisotopic (exact) mass is 406 g/mol. The van der Waals surface area contributed by atoms with E-state index < -0.39 is 39.8 Å². The van der Waals surface area contributed by atoms with Crippen LogP contribution in [0, 0.1) is 5.41 Å². The van der Waals surface area contributed by atoms with Crippen molar-refractivity contribution in [2.45, 2.75) is 37.6 Å². The topological polar surface area (TPSA) is 138 Å². The summed E-state index contributed by atoms with van der Waals surface area (Å²) >= 11 is 0. The molecule has 1 spiro atoms. The Balaban J connectivity index is 1.49. The summed E-state index contributed by atoms with van der Waals surface area (Å²) < 4.78 is 41.0. The molecule has 0 aliphatic carbocycles. The van der Waals surface area contributed by atoms with Gasteiger partial charge in [0.05, 0.1) is 19.3 Å². The Labute approximate surface area is 156 Å². The van der Waals surface area contributed by atoms with Crippen LogP contribution in [0.2, 0.25) is 0 Å². The van der Waals surface area contributed by atoms with Gasteiger partial charge < -0.3 is 9.64 Å². The summed E-state index contributed by atoms with van der Waals surface area (Å²) in [5, 5.41) is 0.636. The van der Waals surface area contributed by atoms with Crippen LogP contribution in [0.4, 0.5) is 4.79 Å². The first-order valence-corrected chi connectivity index (χ1v) is 10.1. The van der Waals surface area contributed by atoms with E-state index in [1.807, 2.05) is 11.9 Å². The zero-order valence-electron chi connectivity index (χ0n) is 14.7. The van der Waals surface area contributed by atoms with E-state index in [4.69, 9.17) is 14.1 Å². The van der Waals surface area contributed by atoms with Crippen molar-refractivity contribution in [1.29, 1.82) is 0 Å². The second-order valence-corrected chi connectivity index (χ2v) is 8.52. The smallest absolute Gasteiger partial charge is 0.380 e. The molecule has 13 heteroatoms. The van der Waals surface area contributed by atoms with E-state index in [9.17, 15) is 18.0 Å². The molecule has 4 rings (SSSR count). The van der Waals surface area contributed by atoms with Gasteiger partial charge in [0, 0.05) is 18.5 Å². The van der Waals surface area contributed by atoms with Crippen LogP contribution in [0.15, 0.2) is 0 Å². The van der Waals surface area contributed by atoms with Crippen LogP contribution >= 0.6 is 0 Å². The van der Waals surface area contributed by atoms with Crippen molar-refractivity contribution in [1.82, 2.24) is 20.3 Å². The molecule has 2 bridgehead atoms. The molecule has 2 unspecified atom stereocenters. The third-order valence-electron chi connectivity index (χ3n) is 5.78. The number of hydrogen-bond donors (Lipinski definition) is 2. The second-order valence-electron chi connectivity index (χ2n) is 7.52. The fraction of sp³-hybridized carbons (Fsp3) is 0.857. The molecule has 152 valence electrons. The SMILES string of the molecule is CN1CCCC1ONC(=O)[C@@H]1CC2(COC2)C2CN1C(=O)N2OS(=O)(=O)O. The van der Waals surface area contributed by atoms with Gasteiger partial charge in [-0.05, 0) is 26.3 Å². The Kier molecular flexibility index (Phi) is 4.56. The maximum absolute atomic E-state index is 12.7. The number of carbonyl (C=O) groups excluding carboxylic acids is 2. The molecule has 4 aliphatic rings. The van der Waals surface area contributed by atoms with Gasteiger partial charge in [-0.1, -0.05) is 0 Å². The molecule has 4 aliphatic heterocycles. The molecule has 4 heterocycles. The molecule has 0 aromatic rings. The van der Waals surface area contributed by atoms with Gasteiger partial charge in [0.25, 0.3) is 5.91 Å². The summed E-state index contributed by atoms with van der Waals surface area (Å²) in [4.78, 5) is 34.0. The lowest BCUT2D eigenvalue weighted by Crippen LogP contribution is -2.63. The number of urea groups is 1. The van der Waals surface area contributed by atoms with E-state index in [0.29, 0.717) is 5.06 Å². The number of ether oxygens (including phenoxy) is 1. The molecule has 0 saturated carbocycles. The molecule has 3 atom stereocenters. The highest BCUT2D eigenvalue weighted by Crippen LogP contribution is 2.47. The van der Waals surface area contributed by atoms with Gasteiger partial charge in [0.1, 0.15) is 12.3 Å². The third-order valence-corrected chi connectivity index (χ3v) is 6.12. The van der Waals surface area contributed by atoms with Crippen molar-refractivity contribution >= 4 is 22.3 Å². The standard InChI is InChI=1S/C14H22N4O8S/c1-16-4-2-3-11(16)25-15-12(19)9-5-14(7-24-8-14)10-6-17(9)13(20)18(10)26-27(21,22)23/h9-11H,2-8H2,1H3,(H,15,19)(H,21,22,23)/t9-,10?,11?/m0/s1. The first kappa shape index (κ1) is 18.8. The van der Waals surface area contributed by atoms with Crippen LogP contribution in [0.25, 0.3) is 0 Å². The number of nitrogens with one attached hydrogen (secondary N) is 1. The van der Waals surface area contributed by atoms with Crippen LogP contribution in [0.1, 0.15) is 19.3 Å². The molecule has 27 heavy (non-hydrogen) atoms. The fourth-order valence-electron chi connectivity index (χ4n) is 4.25. The van der Waals surface area contributed by atoms with Crippen molar-refractivity contribution in [2.24, 2.45) is 5.41 Å². The van der Waals surface area contributed by atoms with Crippen LogP contribution < -0.4 is 5.48 Å². The number of rotatable bonds is 5. The molecule has 12 nitrogen and oxygen atoms in total. The van der Waals surface area contributed by atoms with E-state index in [2.05, 4.69) is 9.76 Å². The predicted octanol–water partition coefficient (Wildman–Crippen LogP) is -1.28. The first-order valence-electron chi connectivity index (χ1n) is 8.70. The summed E-state index contributed by atoms with van der Waals surface area (Å²) in [5.41, 5.74) is 1.82. The molecular formula is C14H22N4O8S. The van der Waals surface area contributed by atoms with E-state index in [1.165, 1.54) is 4.90 Å². The highest BCUT2D eigenvalue weighted by atomic mass is 32.3. The molecule has 0 radical (unpaired) electrons. The zero-order valence-corrected chi connectivity index (χ0v) is 15.6. The minimum absolute atomic E-state index is 0.0964. The Morgan fingerprint density at radius 3 is 2.70 bits per heavy atom. The number of hydroxylamine groups is 3. The largest absolute Gasteiger partial charge is 0.418 e. The Morgan fingerprint density at radius 1 is 1.41 bits per heavy atom. The van der Waals surface area contributed by atoms with Gasteiger partial charge in [0.15, 0.2) is 0 Å². The van der Waals surface area contributed by atoms with Gasteiger partial charge in [-0.3, -0.25) is 19.1 Å². The normalized spacial score (nSPS) is 32.8. The summed E-state index contributed by atoms with van der Waals surface area (Å²) in [6, 6.07) is -2.27. The van der Waals surface area contributed by atoms with Crippen LogP contribution in [-0.4, -0.2) is 91.4 Å². The summed E-state index contributed by atoms with van der Waals surface area (Å²) in [6.07, 6.45) is 1.82. The second kappa shape index (κ2) is 6.53. The Bertz CT molecular complexity index is 741. The van der Waals surface area contributed by atoms with E-state index in [1.54, 1.807) is 0 Å². The lowest BCUT2D eigenvalue weighted by Gasteiger charge is -2.50. The van der Waals surface area contributed by atoms with E-state index >= 15 is 0 Å². The molecule has 3 amide bonds. The van der Waals surface area contributed by atoms with Crippen molar-refractivity contribution in [3.05, 3.63) is 0 Å². The highest BCUT2D eigenvalue weighted by Gasteiger charge is 2.63. The third kappa shape index (κ3) is 3.28. The van der Waals surface area contributed by atoms with Crippen molar-refractivity contribution in [2.75, 3.05) is 33.4 Å². The fourth-order valence-corrected chi connectivity index (χ4v) is 4.62. The number of hydrogen-bond acceptors (Lipinski definition) is 8. The Morgan fingerprint density at radius 2 is 2.15 bits per heavy atom. The summed E-state index contributed by atoms with van der Waals surface area (Å²) in [7, 11) is -2.98. The maximum Gasteiger partial charge on any atom is 0.418 e. The molecule has 4 fully saturated rings. The van der Waals surface area contributed by atoms with Crippen LogP contribution in [0.3, 0.4) is 0 Å². The number of piperidine rings is 1. The molecule has 0 aromatic carbocycles. The summed E-state index contributed by atoms with van der Waals surface area (Å²) in [5.74, 6) is -0.484. The maximum atomic E-state index is 12.7. The number of nitrogens with zero attached hydrogens (tertiary/aromatic N) is 3. The minimum atomic E-state index is -4.87. The molecule has 2 N–H and O–H groups in total. The van der Waals surface area contributed by atoms with Crippen molar-refractivity contribution in [3.63, 3.8) is 0 Å². The van der Waals surface area contributed by atoms with Crippen molar-refractivity contribution in [3.8, 4) is 0 Å². The van der Waals surface area contributed by atoms with Crippen molar-refractivity contribution < 1.29 is 36.4 Å². The van der Waals surface area contributed by atoms with Gasteiger partial charge >= 0.3 is 16.4 Å². The van der Waals surface area contributed by atoms with E-state index in [-0.39, 0.29) is 32.4 Å². The van der Waals surface area contributed by atoms with Gasteiger partial charge in [-0.2, -0.15) is 13.5 Å². The number of fused-ring (bicyclic) bond motifs is 3. The molecule has 0 aromatic heterocycles. The van der Waals surface area contributed by atoms with Gasteiger partial charge in [-0.15, -0.1) is 4.28 Å². The lowest BCUT2D eigenvalue weighted by atomic mass is 9.71. The van der Waals surface area contributed by atoms with E-state index in [0.717, 1.165) is 19.4 Å². The number of amides is 3. The molecule has 4 saturated heterocycles. The first-order chi connectivity index (χ1) is 12.7. The lowest BCUT2D eigenvalue weighted by molar-refractivity contribution is -0.195. The summed E-state index contributed by atoms with van der Waals surface area (Å²) in [6.45, 7) is 1.50. The average molecular weight is 406 g/mol. The zero-order chi connectivity index (χ0) is 19.4. The Hall–Kier alpha value is -1.51. The predicted molar refractivity (Wildman–Crippen MR) is 86.9 cm³/mol. The minimum Gasteiger partial charge on any atom is -0.380 e. The number of likely N-dealkylation sites (tertiary alicyclic amines) is 1. The van der Waals surface area contributed by atoms with Gasteiger partial charge in [-0.25, -0.2) is 10.3 Å². The quantitative estimate of drug-likeness (QED) is 0.422. The van der Waals surface area contributed by atoms with Gasteiger partial charge in [0.2, 0.25) is 0 Å². The van der Waals surface area contributed by atoms with Crippen LogP contribution in [-0.2, 0) is 29.1 Å². The average Bonchev–Trinajstić information content (AvgIpc) is 3.08. The van der Waals surface area contributed by atoms with Crippen LogP contribution in [0.5, 0.6) is 0 Å².